The number of anilines is 1. The Morgan fingerprint density at radius 2 is 2.24 bits per heavy atom. The fourth-order valence-corrected chi connectivity index (χ4v) is 4.22. The Kier molecular flexibility index (Phi) is 7.50. The normalized spacial score (nSPS) is 10.7. The van der Waals surface area contributed by atoms with Gasteiger partial charge in [-0.1, -0.05) is 23.7 Å². The van der Waals surface area contributed by atoms with Crippen molar-refractivity contribution in [2.45, 2.75) is 12.2 Å². The van der Waals surface area contributed by atoms with Crippen molar-refractivity contribution in [1.82, 2.24) is 15.0 Å². The van der Waals surface area contributed by atoms with Crippen LogP contribution in [0.2, 0.25) is 5.02 Å². The zero-order valence-electron chi connectivity index (χ0n) is 15.4. The molecule has 3 rings (SSSR count). The average molecular weight is 450 g/mol. The first-order valence-corrected chi connectivity index (χ1v) is 11.1. The van der Waals surface area contributed by atoms with Crippen LogP contribution in [0.1, 0.15) is 16.8 Å². The quantitative estimate of drug-likeness (QED) is 0.224. The van der Waals surface area contributed by atoms with Gasteiger partial charge in [-0.05, 0) is 17.7 Å². The molecule has 6 N–H and O–H groups in total. The highest BCUT2D eigenvalue weighted by atomic mass is 35.5. The number of thiazole rings is 1. The smallest absolute Gasteiger partial charge is 0.255 e. The number of thioether (sulfide) groups is 1. The number of hydrogen-bond donors (Lipinski definition) is 4. The van der Waals surface area contributed by atoms with Crippen LogP contribution < -0.4 is 22.3 Å². The predicted octanol–water partition coefficient (Wildman–Crippen LogP) is 2.72. The first kappa shape index (κ1) is 21.2. The molecule has 152 valence electrons. The Labute approximate surface area is 180 Å². The number of rotatable bonds is 9. The molecule has 0 saturated carbocycles. The summed E-state index contributed by atoms with van der Waals surface area (Å²) in [6.45, 7) is 0.659. The Hall–Kier alpha value is -2.56. The summed E-state index contributed by atoms with van der Waals surface area (Å²) in [6.07, 6.45) is 2.07. The molecule has 0 unspecified atom stereocenters. The third-order valence-corrected chi connectivity index (χ3v) is 5.72. The number of aliphatic imine (C=N–C) groups is 1. The van der Waals surface area contributed by atoms with E-state index in [0.29, 0.717) is 34.6 Å². The van der Waals surface area contributed by atoms with Crippen LogP contribution >= 0.6 is 34.7 Å². The Morgan fingerprint density at radius 1 is 1.38 bits per heavy atom. The molecule has 0 saturated heterocycles. The monoisotopic (exact) mass is 449 g/mol. The zero-order chi connectivity index (χ0) is 20.6. The number of aromatic amines is 1. The highest BCUT2D eigenvalue weighted by Crippen LogP contribution is 2.21. The third-order valence-electron chi connectivity index (χ3n) is 3.71. The van der Waals surface area contributed by atoms with Crippen molar-refractivity contribution >= 4 is 51.7 Å². The minimum atomic E-state index is -0.162. The van der Waals surface area contributed by atoms with Crippen LogP contribution in [0.5, 0.6) is 0 Å². The van der Waals surface area contributed by atoms with Gasteiger partial charge in [-0.25, -0.2) is 9.97 Å². The van der Waals surface area contributed by atoms with Crippen LogP contribution in [0.25, 0.3) is 0 Å². The topological polar surface area (TPSA) is 135 Å². The molecule has 1 aromatic carbocycles. The highest BCUT2D eigenvalue weighted by molar-refractivity contribution is 7.98. The summed E-state index contributed by atoms with van der Waals surface area (Å²) in [7, 11) is 0. The van der Waals surface area contributed by atoms with Crippen molar-refractivity contribution in [3.63, 3.8) is 0 Å². The van der Waals surface area contributed by atoms with E-state index in [1.165, 1.54) is 11.3 Å². The zero-order valence-corrected chi connectivity index (χ0v) is 17.8. The molecule has 29 heavy (non-hydrogen) atoms. The number of guanidine groups is 1. The van der Waals surface area contributed by atoms with Gasteiger partial charge in [0.2, 0.25) is 11.1 Å². The van der Waals surface area contributed by atoms with Gasteiger partial charge in [0.15, 0.2) is 5.96 Å². The van der Waals surface area contributed by atoms with Gasteiger partial charge in [0.1, 0.15) is 0 Å². The van der Waals surface area contributed by atoms with Gasteiger partial charge in [-0.3, -0.25) is 9.78 Å². The number of hydrogen-bond acceptors (Lipinski definition) is 7. The Balaban J connectivity index is 1.44. The molecular weight excluding hydrogens is 430 g/mol. The van der Waals surface area contributed by atoms with Crippen LogP contribution in [0, 0.1) is 0 Å². The summed E-state index contributed by atoms with van der Waals surface area (Å²) in [5.74, 6) is 2.03. The van der Waals surface area contributed by atoms with Crippen LogP contribution in [0.3, 0.4) is 0 Å². The summed E-state index contributed by atoms with van der Waals surface area (Å²) < 4.78 is 0. The molecule has 0 aliphatic rings. The van der Waals surface area contributed by atoms with Gasteiger partial charge in [-0.15, -0.1) is 11.3 Å². The van der Waals surface area contributed by atoms with Gasteiger partial charge in [0.25, 0.3) is 5.56 Å². The second kappa shape index (κ2) is 10.3. The third kappa shape index (κ3) is 6.77. The van der Waals surface area contributed by atoms with E-state index in [2.05, 4.69) is 25.3 Å². The highest BCUT2D eigenvalue weighted by Gasteiger charge is 2.05. The maximum atomic E-state index is 12.3. The largest absolute Gasteiger partial charge is 0.370 e. The number of benzene rings is 1. The number of halogens is 1. The van der Waals surface area contributed by atoms with Crippen molar-refractivity contribution in [1.29, 1.82) is 0 Å². The molecule has 0 aliphatic carbocycles. The van der Waals surface area contributed by atoms with Crippen LogP contribution in [0.4, 0.5) is 11.1 Å². The van der Waals surface area contributed by atoms with Crippen molar-refractivity contribution in [2.75, 3.05) is 17.6 Å². The summed E-state index contributed by atoms with van der Waals surface area (Å²) in [5, 5.41) is 6.25. The van der Waals surface area contributed by atoms with Crippen molar-refractivity contribution in [2.24, 2.45) is 16.5 Å². The molecule has 0 radical (unpaired) electrons. The van der Waals surface area contributed by atoms with Gasteiger partial charge in [0, 0.05) is 46.6 Å². The first-order chi connectivity index (χ1) is 14.0. The number of nitrogens with zero attached hydrogens (tertiary/aromatic N) is 3. The molecule has 11 heteroatoms. The van der Waals surface area contributed by atoms with Gasteiger partial charge >= 0.3 is 0 Å². The first-order valence-electron chi connectivity index (χ1n) is 8.68. The lowest BCUT2D eigenvalue weighted by atomic mass is 10.1. The fourth-order valence-electron chi connectivity index (χ4n) is 2.45. The Morgan fingerprint density at radius 3 is 3.00 bits per heavy atom. The molecule has 2 heterocycles. The maximum Gasteiger partial charge on any atom is 0.255 e. The Bertz CT molecular complexity index is 1050. The van der Waals surface area contributed by atoms with E-state index in [0.717, 1.165) is 22.8 Å². The lowest BCUT2D eigenvalue weighted by molar-refractivity contribution is 1.01. The lowest BCUT2D eigenvalue weighted by Crippen LogP contribution is -2.21. The molecular formula is C18H20ClN7OS2. The van der Waals surface area contributed by atoms with E-state index in [9.17, 15) is 4.79 Å². The van der Waals surface area contributed by atoms with Gasteiger partial charge in [0.05, 0.1) is 5.69 Å². The fraction of sp³-hybridized carbons (Fsp3) is 0.222. The van der Waals surface area contributed by atoms with E-state index in [1.807, 2.05) is 23.6 Å². The molecule has 0 fully saturated rings. The number of nitrogens with two attached hydrogens (primary N) is 2. The molecule has 3 aromatic rings. The van der Waals surface area contributed by atoms with Crippen LogP contribution in [0.15, 0.2) is 45.6 Å². The number of aromatic nitrogens is 3. The molecule has 0 amide bonds. The van der Waals surface area contributed by atoms with Crippen LogP contribution in [-0.4, -0.2) is 33.2 Å². The lowest BCUT2D eigenvalue weighted by Gasteiger charge is -2.06. The predicted molar refractivity (Wildman–Crippen MR) is 121 cm³/mol. The van der Waals surface area contributed by atoms with E-state index in [4.69, 9.17) is 23.1 Å². The van der Waals surface area contributed by atoms with E-state index in [1.54, 1.807) is 24.0 Å². The van der Waals surface area contributed by atoms with Crippen molar-refractivity contribution < 1.29 is 0 Å². The summed E-state index contributed by atoms with van der Waals surface area (Å²) in [6, 6.07) is 7.43. The molecule has 0 spiro atoms. The molecule has 0 aliphatic heterocycles. The number of nitrogens with one attached hydrogen (secondary N) is 2. The molecule has 0 bridgehead atoms. The van der Waals surface area contributed by atoms with Crippen molar-refractivity contribution in [3.8, 4) is 0 Å². The molecule has 0 atom stereocenters. The SMILES string of the molecule is NC(N)=Nc1nc(CSCCNc2ncc(Cc3cccc(Cl)c3)c(=O)[nH]2)cs1. The summed E-state index contributed by atoms with van der Waals surface area (Å²) in [5.41, 5.74) is 13.0. The average Bonchev–Trinajstić information content (AvgIpc) is 3.10. The standard InChI is InChI=1S/C18H20ClN7OS2/c19-13-3-1-2-11(7-13)6-12-8-23-17(25-15(12)27)22-4-5-28-9-14-10-29-18(24-14)26-16(20)21/h1-3,7-8,10H,4-6,9H2,(H4,20,21,24,26)(H2,22,23,25,27). The molecule has 2 aromatic heterocycles. The van der Waals surface area contributed by atoms with E-state index in [-0.39, 0.29) is 11.5 Å². The van der Waals surface area contributed by atoms with Gasteiger partial charge < -0.3 is 16.8 Å². The van der Waals surface area contributed by atoms with E-state index < -0.39 is 0 Å². The van der Waals surface area contributed by atoms with Crippen LogP contribution in [-0.2, 0) is 12.2 Å². The summed E-state index contributed by atoms with van der Waals surface area (Å²) >= 11 is 9.09. The second-order valence-electron chi connectivity index (χ2n) is 6.03. The van der Waals surface area contributed by atoms with E-state index >= 15 is 0 Å². The van der Waals surface area contributed by atoms with Crippen molar-refractivity contribution in [3.05, 3.63) is 68.0 Å². The maximum absolute atomic E-state index is 12.3. The minimum Gasteiger partial charge on any atom is -0.370 e. The summed E-state index contributed by atoms with van der Waals surface area (Å²) in [4.78, 5) is 27.6. The second-order valence-corrected chi connectivity index (χ2v) is 8.41. The molecule has 8 nitrogen and oxygen atoms in total. The minimum absolute atomic E-state index is 0.00262. The number of H-pyrrole nitrogens is 1. The van der Waals surface area contributed by atoms with Gasteiger partial charge in [-0.2, -0.15) is 16.8 Å².